The zero-order chi connectivity index (χ0) is 11.3. The summed E-state index contributed by atoms with van der Waals surface area (Å²) in [5.74, 6) is -0.236. The van der Waals surface area contributed by atoms with Crippen LogP contribution in [0.1, 0.15) is 32.6 Å². The lowest BCUT2D eigenvalue weighted by Crippen LogP contribution is -2.47. The average molecular weight is 217 g/mol. The third kappa shape index (κ3) is 3.45. The first kappa shape index (κ1) is 12.4. The van der Waals surface area contributed by atoms with Gasteiger partial charge in [0.1, 0.15) is 6.04 Å². The Morgan fingerprint density at radius 2 is 2.33 bits per heavy atom. The van der Waals surface area contributed by atoms with Crippen molar-refractivity contribution < 1.29 is 14.3 Å². The number of hydrogen-bond acceptors (Lipinski definition) is 2. The van der Waals surface area contributed by atoms with Gasteiger partial charge < -0.3 is 5.11 Å². The van der Waals surface area contributed by atoms with E-state index in [1.54, 1.807) is 0 Å². The second-order valence-corrected chi connectivity index (χ2v) is 4.23. The van der Waals surface area contributed by atoms with E-state index >= 15 is 0 Å². The van der Waals surface area contributed by atoms with Crippen LogP contribution >= 0.6 is 0 Å². The summed E-state index contributed by atoms with van der Waals surface area (Å²) in [7, 11) is 0. The highest BCUT2D eigenvalue weighted by Gasteiger charge is 2.31. The lowest BCUT2D eigenvalue weighted by atomic mass is 9.89. The predicted molar refractivity (Wildman–Crippen MR) is 56.6 cm³/mol. The van der Waals surface area contributed by atoms with Crippen molar-refractivity contribution in [2.75, 3.05) is 19.8 Å². The molecular weight excluding hydrogens is 197 g/mol. The van der Waals surface area contributed by atoms with Crippen LogP contribution in [0.15, 0.2) is 0 Å². The summed E-state index contributed by atoms with van der Waals surface area (Å²) in [6, 6.07) is -0.393. The van der Waals surface area contributed by atoms with Gasteiger partial charge in [-0.25, -0.2) is 0 Å². The zero-order valence-electron chi connectivity index (χ0n) is 9.29. The number of piperidine rings is 1. The third-order valence-corrected chi connectivity index (χ3v) is 3.26. The Hall–Kier alpha value is -0.640. The van der Waals surface area contributed by atoms with Gasteiger partial charge in [0.15, 0.2) is 0 Å². The largest absolute Gasteiger partial charge is 0.480 e. The van der Waals surface area contributed by atoms with E-state index in [1.165, 1.54) is 0 Å². The first-order valence-corrected chi connectivity index (χ1v) is 5.71. The molecule has 4 heteroatoms. The molecule has 3 nitrogen and oxygen atoms in total. The number of hydrogen-bond donors (Lipinski definition) is 1. The molecule has 1 saturated heterocycles. The Kier molecular flexibility index (Phi) is 5.02. The van der Waals surface area contributed by atoms with E-state index < -0.39 is 12.0 Å². The molecule has 2 unspecified atom stereocenters. The molecule has 0 aromatic rings. The molecule has 1 aliphatic heterocycles. The number of carboxylic acid groups (broad SMARTS) is 1. The van der Waals surface area contributed by atoms with Crippen molar-refractivity contribution in [1.82, 2.24) is 4.90 Å². The Morgan fingerprint density at radius 3 is 2.87 bits per heavy atom. The molecule has 15 heavy (non-hydrogen) atoms. The fourth-order valence-electron chi connectivity index (χ4n) is 2.25. The molecule has 0 radical (unpaired) electrons. The Balaban J connectivity index is 2.51. The summed E-state index contributed by atoms with van der Waals surface area (Å²) in [5, 5.41) is 9.09. The second kappa shape index (κ2) is 6.05. The summed E-state index contributed by atoms with van der Waals surface area (Å²) in [5.41, 5.74) is 0. The van der Waals surface area contributed by atoms with Crippen LogP contribution in [0.3, 0.4) is 0 Å². The van der Waals surface area contributed by atoms with Crippen molar-refractivity contribution in [2.24, 2.45) is 5.92 Å². The minimum atomic E-state index is -0.757. The Morgan fingerprint density at radius 1 is 1.60 bits per heavy atom. The van der Waals surface area contributed by atoms with Crippen LogP contribution in [0.4, 0.5) is 4.39 Å². The van der Waals surface area contributed by atoms with E-state index in [-0.39, 0.29) is 6.67 Å². The van der Waals surface area contributed by atoms with Crippen LogP contribution in [0.25, 0.3) is 0 Å². The molecular formula is C11H20FNO2. The van der Waals surface area contributed by atoms with Crippen LogP contribution in [0.2, 0.25) is 0 Å². The number of halogens is 1. The first-order chi connectivity index (χ1) is 7.19. The van der Waals surface area contributed by atoms with Gasteiger partial charge in [0.2, 0.25) is 0 Å². The minimum Gasteiger partial charge on any atom is -0.480 e. The number of carboxylic acids is 1. The third-order valence-electron chi connectivity index (χ3n) is 3.26. The lowest BCUT2D eigenvalue weighted by Gasteiger charge is -2.36. The van der Waals surface area contributed by atoms with Gasteiger partial charge in [-0.05, 0) is 31.7 Å². The second-order valence-electron chi connectivity index (χ2n) is 4.23. The quantitative estimate of drug-likeness (QED) is 0.765. The minimum absolute atomic E-state index is 0.361. The van der Waals surface area contributed by atoms with Crippen molar-refractivity contribution in [1.29, 1.82) is 0 Å². The molecule has 88 valence electrons. The maximum absolute atomic E-state index is 12.0. The molecule has 1 rings (SSSR count). The van der Waals surface area contributed by atoms with E-state index in [4.69, 9.17) is 5.11 Å². The van der Waals surface area contributed by atoms with Crippen molar-refractivity contribution in [2.45, 2.75) is 38.6 Å². The standard InChI is InChI=1S/C11H20FNO2/c1-2-9-4-7-13(6-3-5-12)10(8-9)11(14)15/h9-10H,2-8H2,1H3,(H,14,15). The van der Waals surface area contributed by atoms with Gasteiger partial charge in [-0.2, -0.15) is 0 Å². The maximum atomic E-state index is 12.0. The summed E-state index contributed by atoms with van der Waals surface area (Å²) < 4.78 is 12.0. The molecule has 0 saturated carbocycles. The topological polar surface area (TPSA) is 40.5 Å². The van der Waals surface area contributed by atoms with E-state index in [0.29, 0.717) is 18.9 Å². The number of carbonyl (C=O) groups is 1. The van der Waals surface area contributed by atoms with Gasteiger partial charge in [-0.1, -0.05) is 13.3 Å². The molecule has 0 aromatic heterocycles. The molecule has 1 fully saturated rings. The molecule has 0 aromatic carbocycles. The van der Waals surface area contributed by atoms with Gasteiger partial charge in [-0.3, -0.25) is 14.1 Å². The van der Waals surface area contributed by atoms with Gasteiger partial charge in [0, 0.05) is 6.54 Å². The number of nitrogens with zero attached hydrogens (tertiary/aromatic N) is 1. The highest BCUT2D eigenvalue weighted by Crippen LogP contribution is 2.25. The van der Waals surface area contributed by atoms with Gasteiger partial charge in [0.25, 0.3) is 0 Å². The molecule has 1 N–H and O–H groups in total. The number of likely N-dealkylation sites (tertiary alicyclic amines) is 1. The molecule has 0 spiro atoms. The molecule has 0 aliphatic carbocycles. The van der Waals surface area contributed by atoms with Crippen LogP contribution in [0, 0.1) is 5.92 Å². The smallest absolute Gasteiger partial charge is 0.320 e. The monoisotopic (exact) mass is 217 g/mol. The Labute approximate surface area is 90.3 Å². The molecule has 2 atom stereocenters. The predicted octanol–water partition coefficient (Wildman–Crippen LogP) is 1.92. The summed E-state index contributed by atoms with van der Waals surface area (Å²) >= 11 is 0. The summed E-state index contributed by atoms with van der Waals surface area (Å²) in [4.78, 5) is 13.0. The normalized spacial score (nSPS) is 27.9. The molecule has 1 heterocycles. The fourth-order valence-corrected chi connectivity index (χ4v) is 2.25. The fraction of sp³-hybridized carbons (Fsp3) is 0.909. The number of rotatable bonds is 5. The lowest BCUT2D eigenvalue weighted by molar-refractivity contribution is -0.145. The van der Waals surface area contributed by atoms with E-state index in [1.807, 2.05) is 4.90 Å². The zero-order valence-corrected chi connectivity index (χ0v) is 9.29. The van der Waals surface area contributed by atoms with Crippen LogP contribution in [-0.4, -0.2) is 41.8 Å². The number of aliphatic carboxylic acids is 1. The molecule has 0 amide bonds. The van der Waals surface area contributed by atoms with Gasteiger partial charge >= 0.3 is 5.97 Å². The first-order valence-electron chi connectivity index (χ1n) is 5.71. The van der Waals surface area contributed by atoms with E-state index in [0.717, 1.165) is 25.8 Å². The molecule has 0 bridgehead atoms. The van der Waals surface area contributed by atoms with Crippen molar-refractivity contribution in [3.8, 4) is 0 Å². The van der Waals surface area contributed by atoms with Crippen LogP contribution < -0.4 is 0 Å². The van der Waals surface area contributed by atoms with Gasteiger partial charge in [0.05, 0.1) is 6.67 Å². The number of alkyl halides is 1. The highest BCUT2D eigenvalue weighted by atomic mass is 19.1. The average Bonchev–Trinajstić information content (AvgIpc) is 2.26. The molecule has 1 aliphatic rings. The van der Waals surface area contributed by atoms with Gasteiger partial charge in [-0.15, -0.1) is 0 Å². The van der Waals surface area contributed by atoms with E-state index in [2.05, 4.69) is 6.92 Å². The van der Waals surface area contributed by atoms with Crippen molar-refractivity contribution >= 4 is 5.97 Å². The maximum Gasteiger partial charge on any atom is 0.320 e. The van der Waals surface area contributed by atoms with Crippen LogP contribution in [0.5, 0.6) is 0 Å². The van der Waals surface area contributed by atoms with E-state index in [9.17, 15) is 9.18 Å². The van der Waals surface area contributed by atoms with Crippen LogP contribution in [-0.2, 0) is 4.79 Å². The summed E-state index contributed by atoms with van der Waals surface area (Å²) in [6.45, 7) is 3.11. The van der Waals surface area contributed by atoms with Crippen molar-refractivity contribution in [3.05, 3.63) is 0 Å². The van der Waals surface area contributed by atoms with Crippen molar-refractivity contribution in [3.63, 3.8) is 0 Å². The summed E-state index contributed by atoms with van der Waals surface area (Å²) in [6.07, 6.45) is 3.26. The Bertz CT molecular complexity index is 211. The SMILES string of the molecule is CCC1CCN(CCCF)C(C(=O)O)C1. The highest BCUT2D eigenvalue weighted by molar-refractivity contribution is 5.73.